The highest BCUT2D eigenvalue weighted by Crippen LogP contribution is 2.32. The topological polar surface area (TPSA) is 89.7 Å². The van der Waals surface area contributed by atoms with Gasteiger partial charge in [-0.1, -0.05) is 6.92 Å². The van der Waals surface area contributed by atoms with Gasteiger partial charge in [-0.3, -0.25) is 0 Å². The van der Waals surface area contributed by atoms with Gasteiger partial charge in [-0.05, 0) is 37.0 Å². The first-order valence-electron chi connectivity index (χ1n) is 6.88. The Labute approximate surface area is 124 Å². The fourth-order valence-corrected chi connectivity index (χ4v) is 3.90. The first kappa shape index (κ1) is 15.8. The number of benzene rings is 1. The summed E-state index contributed by atoms with van der Waals surface area (Å²) in [5.41, 5.74) is 6.00. The van der Waals surface area contributed by atoms with E-state index in [1.807, 2.05) is 0 Å². The van der Waals surface area contributed by atoms with Crippen molar-refractivity contribution in [3.05, 3.63) is 23.8 Å². The molecular formula is C14H20N2O4S. The maximum absolute atomic E-state index is 12.8. The Morgan fingerprint density at radius 2 is 2.10 bits per heavy atom. The van der Waals surface area contributed by atoms with Crippen molar-refractivity contribution in [2.45, 2.75) is 24.7 Å². The van der Waals surface area contributed by atoms with Crippen molar-refractivity contribution in [1.82, 2.24) is 4.31 Å². The summed E-state index contributed by atoms with van der Waals surface area (Å²) in [7, 11) is -2.54. The van der Waals surface area contributed by atoms with E-state index in [4.69, 9.17) is 5.73 Å². The summed E-state index contributed by atoms with van der Waals surface area (Å²) < 4.78 is 31.6. The van der Waals surface area contributed by atoms with Crippen molar-refractivity contribution in [2.24, 2.45) is 5.92 Å². The summed E-state index contributed by atoms with van der Waals surface area (Å²) in [4.78, 5) is 11.7. The molecule has 0 bridgehead atoms. The molecule has 2 N–H and O–H groups in total. The highest BCUT2D eigenvalue weighted by Gasteiger charge is 2.33. The molecule has 0 saturated heterocycles. The van der Waals surface area contributed by atoms with Crippen LogP contribution in [0.25, 0.3) is 0 Å². The highest BCUT2D eigenvalue weighted by molar-refractivity contribution is 7.89. The molecule has 0 spiro atoms. The molecular weight excluding hydrogens is 292 g/mol. The molecule has 6 nitrogen and oxygen atoms in total. The molecule has 0 aliphatic heterocycles. The number of sulfonamides is 1. The Morgan fingerprint density at radius 1 is 1.43 bits per heavy atom. The number of methoxy groups -OCH3 is 1. The lowest BCUT2D eigenvalue weighted by Gasteiger charge is -2.21. The summed E-state index contributed by atoms with van der Waals surface area (Å²) in [5.74, 6) is -0.265. The van der Waals surface area contributed by atoms with Crippen LogP contribution in [0.1, 0.15) is 30.1 Å². The molecule has 1 saturated carbocycles. The average molecular weight is 312 g/mol. The number of rotatable bonds is 6. The molecule has 1 aliphatic carbocycles. The van der Waals surface area contributed by atoms with Gasteiger partial charge in [0.2, 0.25) is 10.0 Å². The molecule has 116 valence electrons. The van der Waals surface area contributed by atoms with E-state index in [-0.39, 0.29) is 10.5 Å². The van der Waals surface area contributed by atoms with Crippen LogP contribution in [-0.4, -0.2) is 38.9 Å². The Morgan fingerprint density at radius 3 is 2.62 bits per heavy atom. The van der Waals surface area contributed by atoms with Crippen molar-refractivity contribution in [1.29, 1.82) is 0 Å². The number of esters is 1. The lowest BCUT2D eigenvalue weighted by atomic mass is 10.2. The monoisotopic (exact) mass is 312 g/mol. The zero-order valence-corrected chi connectivity index (χ0v) is 13.0. The van der Waals surface area contributed by atoms with Crippen LogP contribution in [0.15, 0.2) is 23.1 Å². The standard InChI is InChI=1S/C14H20N2O4S/c1-3-16(9-10-4-5-10)21(18,19)13-8-11(15)6-7-12(13)14(17)20-2/h6-8,10H,3-5,9,15H2,1-2H3. The number of carbonyl (C=O) groups excluding carboxylic acids is 1. The van der Waals surface area contributed by atoms with E-state index in [1.54, 1.807) is 6.92 Å². The van der Waals surface area contributed by atoms with Gasteiger partial charge in [-0.15, -0.1) is 0 Å². The first-order chi connectivity index (χ1) is 9.90. The van der Waals surface area contributed by atoms with E-state index in [9.17, 15) is 13.2 Å². The van der Waals surface area contributed by atoms with E-state index >= 15 is 0 Å². The second kappa shape index (κ2) is 6.03. The van der Waals surface area contributed by atoms with Gasteiger partial charge in [0, 0.05) is 18.8 Å². The summed E-state index contributed by atoms with van der Waals surface area (Å²) in [5, 5.41) is 0. The van der Waals surface area contributed by atoms with Gasteiger partial charge < -0.3 is 10.5 Å². The van der Waals surface area contributed by atoms with E-state index in [0.717, 1.165) is 12.8 Å². The molecule has 1 aromatic rings. The number of anilines is 1. The Kier molecular flexibility index (Phi) is 4.53. The zero-order chi connectivity index (χ0) is 15.6. The number of carbonyl (C=O) groups is 1. The van der Waals surface area contributed by atoms with Crippen LogP contribution < -0.4 is 5.73 Å². The van der Waals surface area contributed by atoms with Crippen molar-refractivity contribution in [3.63, 3.8) is 0 Å². The molecule has 0 radical (unpaired) electrons. The van der Waals surface area contributed by atoms with Gasteiger partial charge in [0.05, 0.1) is 17.6 Å². The van der Waals surface area contributed by atoms with Gasteiger partial charge in [0.15, 0.2) is 0 Å². The average Bonchev–Trinajstić information content (AvgIpc) is 3.27. The van der Waals surface area contributed by atoms with Crippen LogP contribution in [0.4, 0.5) is 5.69 Å². The molecule has 2 rings (SSSR count). The molecule has 21 heavy (non-hydrogen) atoms. The maximum atomic E-state index is 12.8. The molecule has 1 aliphatic rings. The lowest BCUT2D eigenvalue weighted by molar-refractivity contribution is 0.0596. The summed E-state index contributed by atoms with van der Waals surface area (Å²) in [6.07, 6.45) is 2.10. The number of ether oxygens (including phenoxy) is 1. The van der Waals surface area contributed by atoms with Crippen molar-refractivity contribution < 1.29 is 17.9 Å². The van der Waals surface area contributed by atoms with Gasteiger partial charge in [-0.25, -0.2) is 13.2 Å². The Bertz CT molecular complexity index is 638. The first-order valence-corrected chi connectivity index (χ1v) is 8.32. The number of hydrogen-bond acceptors (Lipinski definition) is 5. The van der Waals surface area contributed by atoms with Crippen LogP contribution in [0.3, 0.4) is 0 Å². The Balaban J connectivity index is 2.46. The minimum absolute atomic E-state index is 0.0148. The molecule has 0 amide bonds. The smallest absolute Gasteiger partial charge is 0.339 e. The summed E-state index contributed by atoms with van der Waals surface area (Å²) in [6, 6.07) is 4.19. The second-order valence-corrected chi connectivity index (χ2v) is 7.05. The van der Waals surface area contributed by atoms with Crippen molar-refractivity contribution >= 4 is 21.7 Å². The molecule has 7 heteroatoms. The SMILES string of the molecule is CCN(CC1CC1)S(=O)(=O)c1cc(N)ccc1C(=O)OC. The number of hydrogen-bond donors (Lipinski definition) is 1. The number of nitrogens with zero attached hydrogens (tertiary/aromatic N) is 1. The van der Waals surface area contributed by atoms with E-state index < -0.39 is 16.0 Å². The minimum atomic E-state index is -3.76. The highest BCUT2D eigenvalue weighted by atomic mass is 32.2. The Hall–Kier alpha value is -1.60. The van der Waals surface area contributed by atoms with Gasteiger partial charge in [0.25, 0.3) is 0 Å². The normalized spacial score (nSPS) is 15.2. The third kappa shape index (κ3) is 3.36. The van der Waals surface area contributed by atoms with Gasteiger partial charge in [-0.2, -0.15) is 4.31 Å². The van der Waals surface area contributed by atoms with Crippen LogP contribution >= 0.6 is 0 Å². The number of nitrogen functional groups attached to an aromatic ring is 1. The summed E-state index contributed by atoms with van der Waals surface area (Å²) >= 11 is 0. The minimum Gasteiger partial charge on any atom is -0.465 e. The van der Waals surface area contributed by atoms with Crippen molar-refractivity contribution in [2.75, 3.05) is 25.9 Å². The predicted molar refractivity (Wildman–Crippen MR) is 79.4 cm³/mol. The van der Waals surface area contributed by atoms with Gasteiger partial charge in [0.1, 0.15) is 0 Å². The third-order valence-electron chi connectivity index (χ3n) is 3.54. The second-order valence-electron chi connectivity index (χ2n) is 5.15. The van der Waals surface area contributed by atoms with Crippen LogP contribution in [0.5, 0.6) is 0 Å². The molecule has 0 unspecified atom stereocenters. The lowest BCUT2D eigenvalue weighted by Crippen LogP contribution is -2.33. The molecule has 0 heterocycles. The van der Waals surface area contributed by atoms with Gasteiger partial charge >= 0.3 is 5.97 Å². The zero-order valence-electron chi connectivity index (χ0n) is 12.2. The maximum Gasteiger partial charge on any atom is 0.339 e. The van der Waals surface area contributed by atoms with Crippen LogP contribution in [0.2, 0.25) is 0 Å². The van der Waals surface area contributed by atoms with Crippen LogP contribution in [0, 0.1) is 5.92 Å². The van der Waals surface area contributed by atoms with Crippen LogP contribution in [-0.2, 0) is 14.8 Å². The molecule has 0 atom stereocenters. The van der Waals surface area contributed by atoms with E-state index in [0.29, 0.717) is 24.7 Å². The fourth-order valence-electron chi connectivity index (χ4n) is 2.16. The van der Waals surface area contributed by atoms with E-state index in [2.05, 4.69) is 4.74 Å². The molecule has 0 aromatic heterocycles. The third-order valence-corrected chi connectivity index (χ3v) is 5.52. The predicted octanol–water partition coefficient (Wildman–Crippen LogP) is 1.48. The molecule has 1 fully saturated rings. The number of nitrogens with two attached hydrogens (primary N) is 1. The van der Waals surface area contributed by atoms with E-state index in [1.165, 1.54) is 29.6 Å². The molecule has 1 aromatic carbocycles. The largest absolute Gasteiger partial charge is 0.465 e. The van der Waals surface area contributed by atoms with Crippen molar-refractivity contribution in [3.8, 4) is 0 Å². The quantitative estimate of drug-likeness (QED) is 0.634. The fraction of sp³-hybridized carbons (Fsp3) is 0.500. The summed E-state index contributed by atoms with van der Waals surface area (Å²) in [6.45, 7) is 2.62.